The van der Waals surface area contributed by atoms with Crippen LogP contribution in [0.2, 0.25) is 10.0 Å². The van der Waals surface area contributed by atoms with Crippen molar-refractivity contribution < 1.29 is 14.4 Å². The van der Waals surface area contributed by atoms with Gasteiger partial charge in [-0.1, -0.05) is 23.2 Å². The van der Waals surface area contributed by atoms with Crippen LogP contribution in [-0.2, 0) is 4.74 Å². The van der Waals surface area contributed by atoms with Gasteiger partial charge in [0.2, 0.25) is 0 Å². The molecule has 1 N–H and O–H groups in total. The van der Waals surface area contributed by atoms with E-state index in [0.29, 0.717) is 27.7 Å². The second kappa shape index (κ2) is 7.67. The molecular formula is C17H24Cl2NO2+. The van der Waals surface area contributed by atoms with E-state index in [1.807, 2.05) is 6.92 Å². The van der Waals surface area contributed by atoms with Crippen LogP contribution >= 0.6 is 23.2 Å². The Balaban J connectivity index is 1.96. The second-order valence-corrected chi connectivity index (χ2v) is 7.20. The Morgan fingerprint density at radius 1 is 1.32 bits per heavy atom. The van der Waals surface area contributed by atoms with Gasteiger partial charge in [0, 0.05) is 5.02 Å². The summed E-state index contributed by atoms with van der Waals surface area (Å²) < 4.78 is 5.57. The molecule has 1 saturated heterocycles. The van der Waals surface area contributed by atoms with Crippen molar-refractivity contribution in [3.05, 3.63) is 33.8 Å². The lowest BCUT2D eigenvalue weighted by atomic mass is 9.97. The predicted octanol–water partition coefficient (Wildman–Crippen LogP) is 3.38. The fourth-order valence-corrected chi connectivity index (χ4v) is 3.75. The van der Waals surface area contributed by atoms with E-state index in [2.05, 4.69) is 13.8 Å². The summed E-state index contributed by atoms with van der Waals surface area (Å²) in [5.41, 5.74) is 0.368. The van der Waals surface area contributed by atoms with Crippen molar-refractivity contribution >= 4 is 29.2 Å². The van der Waals surface area contributed by atoms with Crippen LogP contribution in [0.4, 0.5) is 0 Å². The summed E-state index contributed by atoms with van der Waals surface area (Å²) in [6.45, 7) is 7.33. The first-order valence-corrected chi connectivity index (χ1v) is 8.65. The molecule has 3 nitrogen and oxygen atoms in total. The third-order valence-corrected chi connectivity index (χ3v) is 5.07. The first-order valence-electron chi connectivity index (χ1n) is 7.90. The summed E-state index contributed by atoms with van der Waals surface area (Å²) in [5.74, 6) is -0.383. The van der Waals surface area contributed by atoms with Gasteiger partial charge in [-0.25, -0.2) is 4.79 Å². The molecule has 0 unspecified atom stereocenters. The smallest absolute Gasteiger partial charge is 0.340 e. The van der Waals surface area contributed by atoms with Crippen molar-refractivity contribution in [3.8, 4) is 0 Å². The van der Waals surface area contributed by atoms with Gasteiger partial charge in [-0.3, -0.25) is 0 Å². The van der Waals surface area contributed by atoms with Gasteiger partial charge >= 0.3 is 5.97 Å². The fourth-order valence-electron chi connectivity index (χ4n) is 3.26. The molecule has 22 heavy (non-hydrogen) atoms. The SMILES string of the molecule is C[C@H](C[NH+]1[C@@H](C)CCC[C@@H]1C)OC(=O)c1ccc(Cl)cc1Cl. The number of hydrogen-bond acceptors (Lipinski definition) is 2. The molecule has 1 aromatic rings. The van der Waals surface area contributed by atoms with E-state index in [-0.39, 0.29) is 12.1 Å². The number of carbonyl (C=O) groups is 1. The average Bonchev–Trinajstić information content (AvgIpc) is 2.42. The highest BCUT2D eigenvalue weighted by Crippen LogP contribution is 2.22. The van der Waals surface area contributed by atoms with Gasteiger partial charge in [0.25, 0.3) is 0 Å². The minimum Gasteiger partial charge on any atom is -0.453 e. The number of halogens is 2. The monoisotopic (exact) mass is 344 g/mol. The zero-order valence-corrected chi connectivity index (χ0v) is 14.9. The molecule has 0 radical (unpaired) electrons. The molecule has 122 valence electrons. The number of carbonyl (C=O) groups excluding carboxylic acids is 1. The van der Waals surface area contributed by atoms with Crippen molar-refractivity contribution in [2.24, 2.45) is 0 Å². The number of likely N-dealkylation sites (tertiary alicyclic amines) is 1. The van der Waals surface area contributed by atoms with Crippen LogP contribution in [0.25, 0.3) is 0 Å². The number of benzene rings is 1. The zero-order chi connectivity index (χ0) is 16.3. The van der Waals surface area contributed by atoms with Crippen LogP contribution < -0.4 is 4.90 Å². The van der Waals surface area contributed by atoms with Gasteiger partial charge in [0.15, 0.2) is 0 Å². The number of piperidine rings is 1. The van der Waals surface area contributed by atoms with E-state index in [1.54, 1.807) is 18.2 Å². The Morgan fingerprint density at radius 2 is 1.95 bits per heavy atom. The summed E-state index contributed by atoms with van der Waals surface area (Å²) >= 11 is 11.9. The normalized spacial score (nSPS) is 24.0. The lowest BCUT2D eigenvalue weighted by Gasteiger charge is -2.37. The molecular weight excluding hydrogens is 321 g/mol. The number of rotatable bonds is 4. The second-order valence-electron chi connectivity index (χ2n) is 6.35. The molecule has 1 aliphatic heterocycles. The Bertz CT molecular complexity index is 525. The third-order valence-electron chi connectivity index (χ3n) is 4.52. The lowest BCUT2D eigenvalue weighted by Crippen LogP contribution is -3.20. The largest absolute Gasteiger partial charge is 0.453 e. The van der Waals surface area contributed by atoms with Crippen LogP contribution in [0.1, 0.15) is 50.4 Å². The summed E-state index contributed by atoms with van der Waals surface area (Å²) in [4.78, 5) is 13.8. The number of hydrogen-bond donors (Lipinski definition) is 1. The van der Waals surface area contributed by atoms with Gasteiger partial charge in [-0.2, -0.15) is 0 Å². The van der Waals surface area contributed by atoms with Gasteiger partial charge in [0.05, 0.1) is 22.7 Å². The van der Waals surface area contributed by atoms with Gasteiger partial charge in [0.1, 0.15) is 12.6 Å². The maximum atomic E-state index is 12.2. The molecule has 0 spiro atoms. The zero-order valence-electron chi connectivity index (χ0n) is 13.4. The Labute approximate surface area is 142 Å². The molecule has 0 aliphatic carbocycles. The molecule has 5 heteroatoms. The summed E-state index contributed by atoms with van der Waals surface area (Å²) in [7, 11) is 0. The number of ether oxygens (including phenoxy) is 1. The maximum Gasteiger partial charge on any atom is 0.340 e. The van der Waals surface area contributed by atoms with Crippen LogP contribution in [0.3, 0.4) is 0 Å². The highest BCUT2D eigenvalue weighted by Gasteiger charge is 2.30. The van der Waals surface area contributed by atoms with E-state index in [0.717, 1.165) is 6.54 Å². The highest BCUT2D eigenvalue weighted by atomic mass is 35.5. The van der Waals surface area contributed by atoms with Crippen molar-refractivity contribution in [1.82, 2.24) is 0 Å². The molecule has 0 aromatic heterocycles. The average molecular weight is 345 g/mol. The molecule has 1 fully saturated rings. The van der Waals surface area contributed by atoms with Crippen LogP contribution in [-0.4, -0.2) is 30.7 Å². The maximum absolute atomic E-state index is 12.2. The minimum absolute atomic E-state index is 0.141. The number of nitrogens with one attached hydrogen (secondary N) is 1. The molecule has 1 aliphatic rings. The molecule has 1 aromatic carbocycles. The summed E-state index contributed by atoms with van der Waals surface area (Å²) in [6, 6.07) is 6.05. The first kappa shape index (κ1) is 17.6. The Hall–Kier alpha value is -0.770. The molecule has 2 rings (SSSR count). The Kier molecular flexibility index (Phi) is 6.13. The molecule has 3 atom stereocenters. The van der Waals surface area contributed by atoms with Crippen LogP contribution in [0.15, 0.2) is 18.2 Å². The summed E-state index contributed by atoms with van der Waals surface area (Å²) in [6.07, 6.45) is 3.63. The highest BCUT2D eigenvalue weighted by molar-refractivity contribution is 6.36. The predicted molar refractivity (Wildman–Crippen MR) is 89.9 cm³/mol. The lowest BCUT2D eigenvalue weighted by molar-refractivity contribution is -0.953. The Morgan fingerprint density at radius 3 is 2.55 bits per heavy atom. The van der Waals surface area contributed by atoms with Crippen molar-refractivity contribution in [3.63, 3.8) is 0 Å². The molecule has 0 saturated carbocycles. The van der Waals surface area contributed by atoms with Gasteiger partial charge < -0.3 is 9.64 Å². The first-order chi connectivity index (χ1) is 10.4. The molecule has 1 heterocycles. The van der Waals surface area contributed by atoms with E-state index >= 15 is 0 Å². The summed E-state index contributed by atoms with van der Waals surface area (Å²) in [5, 5.41) is 0.840. The van der Waals surface area contributed by atoms with Gasteiger partial charge in [-0.15, -0.1) is 0 Å². The minimum atomic E-state index is -0.383. The van der Waals surface area contributed by atoms with Crippen molar-refractivity contribution in [1.29, 1.82) is 0 Å². The van der Waals surface area contributed by atoms with E-state index in [4.69, 9.17) is 27.9 Å². The number of quaternary nitrogens is 1. The van der Waals surface area contributed by atoms with E-state index < -0.39 is 0 Å². The van der Waals surface area contributed by atoms with E-state index in [9.17, 15) is 4.79 Å². The van der Waals surface area contributed by atoms with Crippen LogP contribution in [0.5, 0.6) is 0 Å². The van der Waals surface area contributed by atoms with Crippen LogP contribution in [0, 0.1) is 0 Å². The van der Waals surface area contributed by atoms with Crippen molar-refractivity contribution in [2.45, 2.75) is 58.2 Å². The van der Waals surface area contributed by atoms with E-state index in [1.165, 1.54) is 24.2 Å². The standard InChI is InChI=1S/C17H23Cl2NO2/c1-11-5-4-6-12(2)20(11)10-13(3)22-17(21)15-8-7-14(18)9-16(15)19/h7-9,11-13H,4-6,10H2,1-3H3/p+1/t11-,12-,13+/m0/s1. The molecule has 0 amide bonds. The molecule has 0 bridgehead atoms. The topological polar surface area (TPSA) is 30.7 Å². The fraction of sp³-hybridized carbons (Fsp3) is 0.588. The third kappa shape index (κ3) is 4.37. The number of esters is 1. The van der Waals surface area contributed by atoms with Crippen molar-refractivity contribution in [2.75, 3.05) is 6.54 Å². The van der Waals surface area contributed by atoms with Gasteiger partial charge in [-0.05, 0) is 58.2 Å². The quantitative estimate of drug-likeness (QED) is 0.848.